The molecule has 0 spiro atoms. The first-order chi connectivity index (χ1) is 7.75. The van der Waals surface area contributed by atoms with Crippen LogP contribution in [0.2, 0.25) is 0 Å². The van der Waals surface area contributed by atoms with E-state index >= 15 is 0 Å². The van der Waals surface area contributed by atoms with Crippen molar-refractivity contribution in [2.75, 3.05) is 0 Å². The van der Waals surface area contributed by atoms with Crippen LogP contribution in [0.15, 0.2) is 34.9 Å². The standard InChI is InChI=1S/C10H10N4OS/c11-10(12)16-6-8-13-9(15-14-8)7-4-2-1-3-5-7/h1-5H,6H2,(H3,11,12). The first kappa shape index (κ1) is 10.7. The van der Waals surface area contributed by atoms with Crippen LogP contribution in [0.25, 0.3) is 11.5 Å². The molecule has 0 aliphatic heterocycles. The molecule has 0 fully saturated rings. The van der Waals surface area contributed by atoms with Gasteiger partial charge in [0, 0.05) is 5.56 Å². The molecule has 2 rings (SSSR count). The van der Waals surface area contributed by atoms with Gasteiger partial charge in [0.05, 0.1) is 5.75 Å². The number of benzene rings is 1. The number of hydrogen-bond donors (Lipinski definition) is 2. The van der Waals surface area contributed by atoms with Crippen molar-refractivity contribution in [3.05, 3.63) is 36.2 Å². The monoisotopic (exact) mass is 234 g/mol. The maximum absolute atomic E-state index is 7.07. The molecule has 0 unspecified atom stereocenters. The number of hydrogen-bond acceptors (Lipinski definition) is 5. The van der Waals surface area contributed by atoms with E-state index < -0.39 is 0 Å². The molecule has 1 heterocycles. The number of nitrogens with two attached hydrogens (primary N) is 1. The molecule has 3 N–H and O–H groups in total. The summed E-state index contributed by atoms with van der Waals surface area (Å²) in [6.07, 6.45) is 0. The molecule has 82 valence electrons. The fraction of sp³-hybridized carbons (Fsp3) is 0.100. The third kappa shape index (κ3) is 2.60. The van der Waals surface area contributed by atoms with Gasteiger partial charge in [-0.2, -0.15) is 4.98 Å². The number of nitrogens with one attached hydrogen (secondary N) is 1. The molecule has 0 saturated carbocycles. The number of thioether (sulfide) groups is 1. The van der Waals surface area contributed by atoms with E-state index in [0.717, 1.165) is 5.56 Å². The summed E-state index contributed by atoms with van der Waals surface area (Å²) < 4.78 is 5.10. The van der Waals surface area contributed by atoms with Crippen LogP contribution in [0.4, 0.5) is 0 Å². The smallest absolute Gasteiger partial charge is 0.257 e. The topological polar surface area (TPSA) is 88.8 Å². The first-order valence-corrected chi connectivity index (χ1v) is 5.59. The Morgan fingerprint density at radius 2 is 2.12 bits per heavy atom. The lowest BCUT2D eigenvalue weighted by Gasteiger charge is -1.91. The van der Waals surface area contributed by atoms with Gasteiger partial charge in [0.25, 0.3) is 5.89 Å². The van der Waals surface area contributed by atoms with Crippen molar-refractivity contribution >= 4 is 16.9 Å². The second-order valence-corrected chi connectivity index (χ2v) is 4.05. The van der Waals surface area contributed by atoms with Crippen molar-refractivity contribution in [3.8, 4) is 11.5 Å². The van der Waals surface area contributed by atoms with E-state index in [-0.39, 0.29) is 5.17 Å². The Morgan fingerprint density at radius 1 is 1.38 bits per heavy atom. The molecule has 6 heteroatoms. The van der Waals surface area contributed by atoms with Crippen molar-refractivity contribution in [2.24, 2.45) is 5.73 Å². The molecule has 0 atom stereocenters. The molecular weight excluding hydrogens is 224 g/mol. The van der Waals surface area contributed by atoms with Gasteiger partial charge < -0.3 is 10.3 Å². The second-order valence-electron chi connectivity index (χ2n) is 3.03. The van der Waals surface area contributed by atoms with E-state index in [4.69, 9.17) is 15.7 Å². The summed E-state index contributed by atoms with van der Waals surface area (Å²) in [6.45, 7) is 0. The van der Waals surface area contributed by atoms with Crippen molar-refractivity contribution in [2.45, 2.75) is 5.75 Å². The van der Waals surface area contributed by atoms with Crippen molar-refractivity contribution < 1.29 is 4.52 Å². The van der Waals surface area contributed by atoms with Gasteiger partial charge in [-0.1, -0.05) is 35.1 Å². The van der Waals surface area contributed by atoms with E-state index in [2.05, 4.69) is 10.1 Å². The Balaban J connectivity index is 2.11. The van der Waals surface area contributed by atoms with Crippen LogP contribution >= 0.6 is 11.8 Å². The fourth-order valence-corrected chi connectivity index (χ4v) is 1.55. The van der Waals surface area contributed by atoms with Crippen LogP contribution in [0.1, 0.15) is 5.82 Å². The minimum atomic E-state index is 0.0473. The Bertz CT molecular complexity index is 483. The number of nitrogens with zero attached hydrogens (tertiary/aromatic N) is 2. The number of amidine groups is 1. The highest BCUT2D eigenvalue weighted by atomic mass is 32.2. The lowest BCUT2D eigenvalue weighted by molar-refractivity contribution is 0.425. The maximum Gasteiger partial charge on any atom is 0.257 e. The van der Waals surface area contributed by atoms with Crippen molar-refractivity contribution in [1.82, 2.24) is 10.1 Å². The molecule has 0 aliphatic rings. The van der Waals surface area contributed by atoms with E-state index in [0.29, 0.717) is 17.5 Å². The highest BCUT2D eigenvalue weighted by Crippen LogP contribution is 2.17. The number of aromatic nitrogens is 2. The van der Waals surface area contributed by atoms with Gasteiger partial charge in [-0.15, -0.1) is 0 Å². The van der Waals surface area contributed by atoms with Crippen LogP contribution in [0, 0.1) is 5.41 Å². The normalized spacial score (nSPS) is 10.2. The largest absolute Gasteiger partial charge is 0.379 e. The van der Waals surface area contributed by atoms with Crippen LogP contribution in [0.3, 0.4) is 0 Å². The van der Waals surface area contributed by atoms with Gasteiger partial charge in [0.2, 0.25) is 0 Å². The minimum absolute atomic E-state index is 0.0473. The highest BCUT2D eigenvalue weighted by Gasteiger charge is 2.08. The minimum Gasteiger partial charge on any atom is -0.379 e. The van der Waals surface area contributed by atoms with Crippen LogP contribution < -0.4 is 5.73 Å². The molecule has 0 amide bonds. The third-order valence-electron chi connectivity index (χ3n) is 1.85. The zero-order valence-corrected chi connectivity index (χ0v) is 9.20. The van der Waals surface area contributed by atoms with Gasteiger partial charge >= 0.3 is 0 Å². The maximum atomic E-state index is 7.07. The second kappa shape index (κ2) is 4.80. The van der Waals surface area contributed by atoms with E-state index in [1.807, 2.05) is 30.3 Å². The quantitative estimate of drug-likeness (QED) is 0.625. The average molecular weight is 234 g/mol. The summed E-state index contributed by atoms with van der Waals surface area (Å²) in [4.78, 5) is 4.20. The summed E-state index contributed by atoms with van der Waals surface area (Å²) in [5.74, 6) is 1.48. The first-order valence-electron chi connectivity index (χ1n) is 4.60. The molecular formula is C10H10N4OS. The van der Waals surface area contributed by atoms with Gasteiger partial charge in [-0.05, 0) is 12.1 Å². The van der Waals surface area contributed by atoms with E-state index in [1.54, 1.807) is 0 Å². The number of rotatable bonds is 3. The van der Waals surface area contributed by atoms with Crippen LogP contribution in [-0.4, -0.2) is 15.3 Å². The lowest BCUT2D eigenvalue weighted by Crippen LogP contribution is -2.04. The van der Waals surface area contributed by atoms with Gasteiger partial charge in [-0.25, -0.2) is 0 Å². The Kier molecular flexibility index (Phi) is 3.21. The zero-order chi connectivity index (χ0) is 11.4. The fourth-order valence-electron chi connectivity index (χ4n) is 1.15. The molecule has 5 nitrogen and oxygen atoms in total. The lowest BCUT2D eigenvalue weighted by atomic mass is 10.2. The molecule has 16 heavy (non-hydrogen) atoms. The molecule has 0 radical (unpaired) electrons. The van der Waals surface area contributed by atoms with Crippen LogP contribution in [0.5, 0.6) is 0 Å². The molecule has 2 aromatic rings. The molecule has 0 aliphatic carbocycles. The zero-order valence-electron chi connectivity index (χ0n) is 8.38. The van der Waals surface area contributed by atoms with Crippen molar-refractivity contribution in [3.63, 3.8) is 0 Å². The van der Waals surface area contributed by atoms with Gasteiger partial charge in [0.15, 0.2) is 11.0 Å². The molecule has 0 bridgehead atoms. The highest BCUT2D eigenvalue weighted by molar-refractivity contribution is 8.12. The summed E-state index contributed by atoms with van der Waals surface area (Å²) in [5, 5.41) is 10.9. The Morgan fingerprint density at radius 3 is 2.81 bits per heavy atom. The Labute approximate surface area is 96.6 Å². The SMILES string of the molecule is N=C(N)SCc1noc(-c2ccccc2)n1. The summed E-state index contributed by atoms with van der Waals surface area (Å²) in [7, 11) is 0. The summed E-state index contributed by atoms with van der Waals surface area (Å²) >= 11 is 1.17. The predicted molar refractivity (Wildman–Crippen MR) is 62.9 cm³/mol. The van der Waals surface area contributed by atoms with E-state index in [9.17, 15) is 0 Å². The van der Waals surface area contributed by atoms with Gasteiger partial charge in [0.1, 0.15) is 0 Å². The molecule has 1 aromatic carbocycles. The Hall–Kier alpha value is -1.82. The molecule has 1 aromatic heterocycles. The van der Waals surface area contributed by atoms with Crippen LogP contribution in [-0.2, 0) is 5.75 Å². The predicted octanol–water partition coefficient (Wildman–Crippen LogP) is 1.86. The summed E-state index contributed by atoms with van der Waals surface area (Å²) in [5.41, 5.74) is 6.10. The van der Waals surface area contributed by atoms with Crippen molar-refractivity contribution in [1.29, 1.82) is 5.41 Å². The van der Waals surface area contributed by atoms with E-state index in [1.165, 1.54) is 11.8 Å². The third-order valence-corrected chi connectivity index (χ3v) is 2.56. The molecule has 0 saturated heterocycles. The average Bonchev–Trinajstić information content (AvgIpc) is 2.76. The van der Waals surface area contributed by atoms with Gasteiger partial charge in [-0.3, -0.25) is 5.41 Å². The summed E-state index contributed by atoms with van der Waals surface area (Å²) in [6, 6.07) is 9.53.